The normalized spacial score (nSPS) is 12.0. The van der Waals surface area contributed by atoms with Gasteiger partial charge < -0.3 is 19.4 Å². The van der Waals surface area contributed by atoms with Crippen molar-refractivity contribution in [2.24, 2.45) is 0 Å². The van der Waals surface area contributed by atoms with Crippen molar-refractivity contribution in [3.8, 4) is 11.8 Å². The predicted molar refractivity (Wildman–Crippen MR) is 315 cm³/mol. The van der Waals surface area contributed by atoms with Crippen LogP contribution in [0.4, 0.5) is 0 Å². The second-order valence-corrected chi connectivity index (χ2v) is 20.8. The van der Waals surface area contributed by atoms with E-state index in [4.69, 9.17) is 0 Å². The Labute approximate surface area is 458 Å². The van der Waals surface area contributed by atoms with Crippen molar-refractivity contribution in [3.05, 3.63) is 101 Å². The average Bonchev–Trinajstić information content (AvgIpc) is 3.66. The maximum atomic E-state index is 12.1. The van der Waals surface area contributed by atoms with Gasteiger partial charge in [-0.25, -0.2) is 4.70 Å². The molecule has 0 radical (unpaired) electrons. The number of hydrogen-bond donors (Lipinski definition) is 0. The van der Waals surface area contributed by atoms with E-state index in [1.807, 2.05) is 0 Å². The van der Waals surface area contributed by atoms with Crippen molar-refractivity contribution in [3.63, 3.8) is 0 Å². The van der Waals surface area contributed by atoms with E-state index in [1.165, 1.54) is 220 Å². The zero-order valence-electron chi connectivity index (χ0n) is 47.9. The first-order valence-electron chi connectivity index (χ1n) is 30.7. The zero-order valence-corrected chi connectivity index (χ0v) is 49.5. The molecule has 0 fully saturated rings. The Morgan fingerprint density at radius 2 is 0.789 bits per heavy atom. The molecule has 0 saturated heterocycles. The molecule has 1 aliphatic heterocycles. The number of unbranched alkanes of at least 4 members (excludes halogenated alkanes) is 31. The van der Waals surface area contributed by atoms with Crippen LogP contribution in [0.5, 0.6) is 0 Å². The van der Waals surface area contributed by atoms with Gasteiger partial charge in [0.15, 0.2) is 0 Å². The van der Waals surface area contributed by atoms with E-state index in [9.17, 15) is 5.53 Å². The van der Waals surface area contributed by atoms with Crippen LogP contribution in [0.2, 0.25) is 0 Å². The third kappa shape index (κ3) is 34.0. The molecule has 2 nitrogen and oxygen atoms in total. The van der Waals surface area contributed by atoms with E-state index >= 15 is 0 Å². The summed E-state index contributed by atoms with van der Waals surface area (Å²) in [7, 11) is 0. The van der Waals surface area contributed by atoms with Crippen molar-refractivity contribution in [1.82, 2.24) is 0 Å². The molecule has 2 aromatic carbocycles. The summed E-state index contributed by atoms with van der Waals surface area (Å²) >= 11 is 0. The van der Waals surface area contributed by atoms with Gasteiger partial charge in [0.2, 0.25) is 11.4 Å². The molecule has 0 aromatic heterocycles. The SMILES string of the molecule is CCCCCCCCCCCCCCCCCCCCCCCCC#CCCc1ccccc1C1=C(CCCC)C(CCCC)=C(c2cccc(CCCC)c2)[N+]1=[N-].[CH2-]CCCCC.[CH2-]CCCCC.[Pd+2]. The molecule has 3 heteroatoms. The first-order chi connectivity index (χ1) is 34.5. The van der Waals surface area contributed by atoms with Crippen LogP contribution in [-0.2, 0) is 33.3 Å². The molecule has 0 atom stereocenters. The molecule has 0 amide bonds. The smallest absolute Gasteiger partial charge is 0.493 e. The molecule has 1 heterocycles. The number of rotatable bonds is 41. The molecule has 0 bridgehead atoms. The average molecular weight is 1070 g/mol. The molecule has 0 N–H and O–H groups in total. The molecule has 0 aliphatic carbocycles. The quantitative estimate of drug-likeness (QED) is 0.0209. The fraction of sp³-hybridized carbons (Fsp3) is 0.706. The summed E-state index contributed by atoms with van der Waals surface area (Å²) < 4.78 is 1.57. The van der Waals surface area contributed by atoms with Gasteiger partial charge in [0.1, 0.15) is 0 Å². The largest absolute Gasteiger partial charge is 2.00 e. The molecular weight excluding hydrogens is 951 g/mol. The van der Waals surface area contributed by atoms with Gasteiger partial charge in [-0.05, 0) is 80.7 Å². The van der Waals surface area contributed by atoms with E-state index < -0.39 is 0 Å². The molecule has 2 aromatic rings. The van der Waals surface area contributed by atoms with E-state index in [0.29, 0.717) is 0 Å². The van der Waals surface area contributed by atoms with E-state index in [2.05, 4.69) is 116 Å². The molecule has 0 spiro atoms. The molecular formula is C68H114N2Pd. The number of aryl methyl sites for hydroxylation is 2. The van der Waals surface area contributed by atoms with Crippen LogP contribution in [0.1, 0.15) is 321 Å². The Kier molecular flexibility index (Phi) is 49.6. The van der Waals surface area contributed by atoms with Gasteiger partial charge in [-0.1, -0.05) is 264 Å². The minimum Gasteiger partial charge on any atom is -0.493 e. The summed E-state index contributed by atoms with van der Waals surface area (Å²) in [4.78, 5) is 0. The van der Waals surface area contributed by atoms with Gasteiger partial charge in [-0.2, -0.15) is 12.8 Å². The summed E-state index contributed by atoms with van der Waals surface area (Å²) in [6, 6.07) is 17.7. The van der Waals surface area contributed by atoms with Gasteiger partial charge in [0, 0.05) is 35.1 Å². The summed E-state index contributed by atoms with van der Waals surface area (Å²) in [5.41, 5.74) is 21.8. The Hall–Kier alpha value is -2.26. The second kappa shape index (κ2) is 51.2. The fourth-order valence-electron chi connectivity index (χ4n) is 9.75. The topological polar surface area (TPSA) is 25.3 Å². The first kappa shape index (κ1) is 68.7. The Morgan fingerprint density at radius 3 is 1.24 bits per heavy atom. The predicted octanol–water partition coefficient (Wildman–Crippen LogP) is 23.3. The second-order valence-electron chi connectivity index (χ2n) is 20.8. The van der Waals surface area contributed by atoms with E-state index in [-0.39, 0.29) is 20.4 Å². The van der Waals surface area contributed by atoms with Crippen molar-refractivity contribution in [2.75, 3.05) is 0 Å². The molecule has 0 unspecified atom stereocenters. The zero-order chi connectivity index (χ0) is 51.0. The van der Waals surface area contributed by atoms with Crippen molar-refractivity contribution < 1.29 is 25.1 Å². The first-order valence-corrected chi connectivity index (χ1v) is 30.7. The number of allylic oxidation sites excluding steroid dienone is 2. The molecule has 406 valence electrons. The number of benzene rings is 2. The maximum absolute atomic E-state index is 12.1. The van der Waals surface area contributed by atoms with Crippen LogP contribution in [0.3, 0.4) is 0 Å². The third-order valence-corrected chi connectivity index (χ3v) is 14.2. The van der Waals surface area contributed by atoms with Gasteiger partial charge in [-0.3, -0.25) is 0 Å². The minimum absolute atomic E-state index is 0. The molecule has 3 rings (SSSR count). The monoisotopic (exact) mass is 1060 g/mol. The van der Waals surface area contributed by atoms with Crippen LogP contribution >= 0.6 is 0 Å². The number of nitrogens with zero attached hydrogens (tertiary/aromatic N) is 2. The summed E-state index contributed by atoms with van der Waals surface area (Å²) in [6.45, 7) is 21.0. The van der Waals surface area contributed by atoms with Crippen molar-refractivity contribution >= 4 is 11.4 Å². The summed E-state index contributed by atoms with van der Waals surface area (Å²) in [5.74, 6) is 7.01. The van der Waals surface area contributed by atoms with Crippen LogP contribution in [0, 0.1) is 25.7 Å². The van der Waals surface area contributed by atoms with Crippen LogP contribution < -0.4 is 0 Å². The molecule has 71 heavy (non-hydrogen) atoms. The van der Waals surface area contributed by atoms with E-state index in [0.717, 1.165) is 94.0 Å². The van der Waals surface area contributed by atoms with Crippen LogP contribution in [0.15, 0.2) is 59.7 Å². The standard InChI is InChI=1S/C56H88N2.2C6H13.Pd/c1-5-9-13-14-15-16-17-18-19-20-21-22-23-24-25-26-27-28-29-30-31-32-33-34-35-36-42-50-43-37-38-47-52(50)56-54(46-12-8-4)53(45-11-7-3)55(58(56)57)51-44-39-41-49(48-51)40-10-6-2;2*1-3-5-6-4-2;/h37-39,41,43-44,47-48H,5-33,36,40,42,45-46H2,1-4H3;2*1,3-6H2,2H3;/q;2*-1;+2. The van der Waals surface area contributed by atoms with Crippen molar-refractivity contribution in [1.29, 1.82) is 0 Å². The number of hydrogen-bond acceptors (Lipinski definition) is 0. The Morgan fingerprint density at radius 1 is 0.394 bits per heavy atom. The van der Waals surface area contributed by atoms with E-state index in [1.54, 1.807) is 4.70 Å². The summed E-state index contributed by atoms with van der Waals surface area (Å²) in [5, 5.41) is 0. The van der Waals surface area contributed by atoms with Crippen LogP contribution in [-0.4, -0.2) is 4.70 Å². The van der Waals surface area contributed by atoms with Gasteiger partial charge >= 0.3 is 20.4 Å². The molecule has 1 aliphatic rings. The van der Waals surface area contributed by atoms with Gasteiger partial charge in [0.25, 0.3) is 0 Å². The fourth-order valence-corrected chi connectivity index (χ4v) is 9.75. The minimum atomic E-state index is 0. The third-order valence-electron chi connectivity index (χ3n) is 14.2. The van der Waals surface area contributed by atoms with Crippen LogP contribution in [0.25, 0.3) is 16.9 Å². The van der Waals surface area contributed by atoms with Gasteiger partial charge in [0.05, 0.1) is 0 Å². The Bertz CT molecular complexity index is 1640. The van der Waals surface area contributed by atoms with Crippen molar-refractivity contribution in [2.45, 2.75) is 311 Å². The maximum Gasteiger partial charge on any atom is 2.00 e. The summed E-state index contributed by atoms with van der Waals surface area (Å²) in [6.07, 6.45) is 54.3. The molecule has 0 saturated carbocycles. The van der Waals surface area contributed by atoms with Gasteiger partial charge in [-0.15, -0.1) is 11.8 Å². The Balaban J connectivity index is 0.00000334.